The van der Waals surface area contributed by atoms with Gasteiger partial charge in [0, 0.05) is 12.2 Å². The molecule has 94 valence electrons. The number of rotatable bonds is 3. The van der Waals surface area contributed by atoms with E-state index in [0.29, 0.717) is 6.04 Å². The van der Waals surface area contributed by atoms with E-state index in [1.807, 2.05) is 12.3 Å². The van der Waals surface area contributed by atoms with Crippen molar-refractivity contribution >= 4 is 17.3 Å². The van der Waals surface area contributed by atoms with Gasteiger partial charge < -0.3 is 5.32 Å². The molecule has 1 aliphatic rings. The minimum absolute atomic E-state index is 0.562. The van der Waals surface area contributed by atoms with Gasteiger partial charge in [0.25, 0.3) is 0 Å². The van der Waals surface area contributed by atoms with Crippen LogP contribution in [0.1, 0.15) is 39.5 Å². The number of hydrogen-bond donors (Lipinski definition) is 1. The van der Waals surface area contributed by atoms with Crippen LogP contribution in [-0.4, -0.2) is 11.0 Å². The van der Waals surface area contributed by atoms with Crippen molar-refractivity contribution in [1.82, 2.24) is 4.98 Å². The van der Waals surface area contributed by atoms with E-state index < -0.39 is 0 Å². The topological polar surface area (TPSA) is 24.9 Å². The van der Waals surface area contributed by atoms with Crippen LogP contribution in [0.15, 0.2) is 18.5 Å². The number of nitrogens with one attached hydrogen (secondary N) is 1. The van der Waals surface area contributed by atoms with E-state index in [1.54, 1.807) is 6.20 Å². The molecule has 0 amide bonds. The predicted octanol–water partition coefficient (Wildman–Crippen LogP) is 4.36. The quantitative estimate of drug-likeness (QED) is 0.865. The van der Waals surface area contributed by atoms with Crippen LogP contribution in [0.25, 0.3) is 0 Å². The number of hydrogen-bond acceptors (Lipinski definition) is 2. The monoisotopic (exact) mass is 252 g/mol. The maximum absolute atomic E-state index is 6.12. The van der Waals surface area contributed by atoms with Crippen LogP contribution in [-0.2, 0) is 0 Å². The van der Waals surface area contributed by atoms with Crippen molar-refractivity contribution in [2.75, 3.05) is 5.32 Å². The number of halogens is 1. The molecule has 0 aromatic carbocycles. The van der Waals surface area contributed by atoms with Gasteiger partial charge in [0.2, 0.25) is 0 Å². The molecule has 0 aliphatic heterocycles. The van der Waals surface area contributed by atoms with E-state index in [4.69, 9.17) is 11.6 Å². The van der Waals surface area contributed by atoms with Crippen LogP contribution in [0.2, 0.25) is 5.02 Å². The van der Waals surface area contributed by atoms with Gasteiger partial charge >= 0.3 is 0 Å². The summed E-state index contributed by atoms with van der Waals surface area (Å²) in [5, 5.41) is 4.28. The minimum atomic E-state index is 0.562. The molecule has 1 fully saturated rings. The second-order valence-corrected chi connectivity index (χ2v) is 5.76. The average molecular weight is 253 g/mol. The molecule has 1 aromatic rings. The number of anilines is 1. The number of aromatic nitrogens is 1. The van der Waals surface area contributed by atoms with Gasteiger partial charge in [-0.05, 0) is 43.6 Å². The van der Waals surface area contributed by atoms with Gasteiger partial charge in [-0.25, -0.2) is 0 Å². The Morgan fingerprint density at radius 2 is 2.00 bits per heavy atom. The zero-order valence-electron chi connectivity index (χ0n) is 10.6. The Morgan fingerprint density at radius 1 is 1.29 bits per heavy atom. The Labute approximate surface area is 109 Å². The van der Waals surface area contributed by atoms with Crippen molar-refractivity contribution in [2.24, 2.45) is 11.8 Å². The number of pyridine rings is 1. The van der Waals surface area contributed by atoms with Crippen LogP contribution in [0.5, 0.6) is 0 Å². The molecule has 17 heavy (non-hydrogen) atoms. The molecule has 2 nitrogen and oxygen atoms in total. The SMILES string of the molecule is CC(C)C1CCC(Nc2cnccc2Cl)CC1. The van der Waals surface area contributed by atoms with Gasteiger partial charge in [-0.3, -0.25) is 4.98 Å². The van der Waals surface area contributed by atoms with Crippen molar-refractivity contribution in [3.8, 4) is 0 Å². The lowest BCUT2D eigenvalue weighted by Gasteiger charge is -2.31. The van der Waals surface area contributed by atoms with Gasteiger partial charge in [0.15, 0.2) is 0 Å². The summed E-state index contributed by atoms with van der Waals surface area (Å²) < 4.78 is 0. The first-order valence-electron chi connectivity index (χ1n) is 6.53. The third-order valence-electron chi connectivity index (χ3n) is 3.84. The smallest absolute Gasteiger partial charge is 0.0718 e. The van der Waals surface area contributed by atoms with E-state index in [1.165, 1.54) is 25.7 Å². The lowest BCUT2D eigenvalue weighted by Crippen LogP contribution is -2.28. The first-order valence-corrected chi connectivity index (χ1v) is 6.90. The molecule has 1 saturated carbocycles. The second-order valence-electron chi connectivity index (χ2n) is 5.36. The number of nitrogens with zero attached hydrogens (tertiary/aromatic N) is 1. The second kappa shape index (κ2) is 5.72. The molecule has 0 saturated heterocycles. The Hall–Kier alpha value is -0.760. The van der Waals surface area contributed by atoms with E-state index in [2.05, 4.69) is 24.1 Å². The van der Waals surface area contributed by atoms with Crippen LogP contribution < -0.4 is 5.32 Å². The molecule has 1 aliphatic carbocycles. The molecule has 1 heterocycles. The largest absolute Gasteiger partial charge is 0.380 e. The summed E-state index contributed by atoms with van der Waals surface area (Å²) in [6.45, 7) is 4.66. The zero-order valence-corrected chi connectivity index (χ0v) is 11.4. The molecule has 0 radical (unpaired) electrons. The molecule has 0 spiro atoms. The van der Waals surface area contributed by atoms with Crippen molar-refractivity contribution in [2.45, 2.75) is 45.6 Å². The Kier molecular flexibility index (Phi) is 4.27. The van der Waals surface area contributed by atoms with Gasteiger partial charge in [-0.1, -0.05) is 25.4 Å². The summed E-state index contributed by atoms with van der Waals surface area (Å²) in [6, 6.07) is 2.40. The maximum Gasteiger partial charge on any atom is 0.0718 e. The van der Waals surface area contributed by atoms with Crippen molar-refractivity contribution < 1.29 is 0 Å². The summed E-state index contributed by atoms with van der Waals surface area (Å²) >= 11 is 6.12. The van der Waals surface area contributed by atoms with Crippen LogP contribution >= 0.6 is 11.6 Å². The molecular formula is C14H21ClN2. The molecule has 0 unspecified atom stereocenters. The summed E-state index contributed by atoms with van der Waals surface area (Å²) in [4.78, 5) is 4.11. The van der Waals surface area contributed by atoms with Crippen molar-refractivity contribution in [1.29, 1.82) is 0 Å². The van der Waals surface area contributed by atoms with Crippen LogP contribution in [0.3, 0.4) is 0 Å². The highest BCUT2D eigenvalue weighted by molar-refractivity contribution is 6.33. The van der Waals surface area contributed by atoms with Crippen LogP contribution in [0.4, 0.5) is 5.69 Å². The third-order valence-corrected chi connectivity index (χ3v) is 4.17. The van der Waals surface area contributed by atoms with Gasteiger partial charge in [-0.2, -0.15) is 0 Å². The fourth-order valence-corrected chi connectivity index (χ4v) is 2.79. The molecule has 0 atom stereocenters. The highest BCUT2D eigenvalue weighted by atomic mass is 35.5. The minimum Gasteiger partial charge on any atom is -0.380 e. The van der Waals surface area contributed by atoms with E-state index in [9.17, 15) is 0 Å². The molecule has 2 rings (SSSR count). The van der Waals surface area contributed by atoms with Crippen molar-refractivity contribution in [3.63, 3.8) is 0 Å². The maximum atomic E-state index is 6.12. The first kappa shape index (κ1) is 12.7. The predicted molar refractivity (Wildman–Crippen MR) is 73.5 cm³/mol. The Balaban J connectivity index is 1.88. The summed E-state index contributed by atoms with van der Waals surface area (Å²) in [6.07, 6.45) is 8.68. The molecule has 3 heteroatoms. The lowest BCUT2D eigenvalue weighted by atomic mass is 9.79. The van der Waals surface area contributed by atoms with Crippen molar-refractivity contribution in [3.05, 3.63) is 23.5 Å². The first-order chi connectivity index (χ1) is 8.16. The molecule has 1 N–H and O–H groups in total. The summed E-state index contributed by atoms with van der Waals surface area (Å²) in [7, 11) is 0. The summed E-state index contributed by atoms with van der Waals surface area (Å²) in [5.74, 6) is 1.72. The fourth-order valence-electron chi connectivity index (χ4n) is 2.63. The molecule has 1 aromatic heterocycles. The van der Waals surface area contributed by atoms with Gasteiger partial charge in [0.1, 0.15) is 0 Å². The normalized spacial score (nSPS) is 24.9. The van der Waals surface area contributed by atoms with Crippen LogP contribution in [0, 0.1) is 11.8 Å². The fraction of sp³-hybridized carbons (Fsp3) is 0.643. The highest BCUT2D eigenvalue weighted by Gasteiger charge is 2.23. The van der Waals surface area contributed by atoms with E-state index >= 15 is 0 Å². The van der Waals surface area contributed by atoms with E-state index in [0.717, 1.165) is 22.5 Å². The van der Waals surface area contributed by atoms with E-state index in [-0.39, 0.29) is 0 Å². The standard InChI is InChI=1S/C14H21ClN2/c1-10(2)11-3-5-12(6-4-11)17-14-9-16-8-7-13(14)15/h7-12,17H,3-6H2,1-2H3. The lowest BCUT2D eigenvalue weighted by molar-refractivity contribution is 0.267. The molecular weight excluding hydrogens is 232 g/mol. The Bertz CT molecular complexity index is 357. The van der Waals surface area contributed by atoms with Gasteiger partial charge in [0.05, 0.1) is 16.9 Å². The van der Waals surface area contributed by atoms with Gasteiger partial charge in [-0.15, -0.1) is 0 Å². The molecule has 0 bridgehead atoms. The zero-order chi connectivity index (χ0) is 12.3. The third kappa shape index (κ3) is 3.35. The summed E-state index contributed by atoms with van der Waals surface area (Å²) in [5.41, 5.74) is 0.974. The highest BCUT2D eigenvalue weighted by Crippen LogP contribution is 2.32. The Morgan fingerprint density at radius 3 is 2.59 bits per heavy atom. The average Bonchev–Trinajstić information content (AvgIpc) is 2.33.